The molecule has 3 rings (SSSR count). The molecule has 7 nitrogen and oxygen atoms in total. The monoisotopic (exact) mass is 405 g/mol. The van der Waals surface area contributed by atoms with Crippen molar-refractivity contribution in [2.24, 2.45) is 16.5 Å². The van der Waals surface area contributed by atoms with Crippen molar-refractivity contribution in [2.45, 2.75) is 31.7 Å². The summed E-state index contributed by atoms with van der Waals surface area (Å²) in [6.45, 7) is 0.389. The number of benzene rings is 2. The summed E-state index contributed by atoms with van der Waals surface area (Å²) in [7, 11) is 0. The first kappa shape index (κ1) is 21.1. The lowest BCUT2D eigenvalue weighted by Crippen LogP contribution is -2.44. The zero-order chi connectivity index (χ0) is 21.3. The van der Waals surface area contributed by atoms with E-state index in [9.17, 15) is 9.59 Å². The van der Waals surface area contributed by atoms with Gasteiger partial charge in [0.05, 0.1) is 0 Å². The number of nitrogens with one attached hydrogen (secondary N) is 2. The average molecular weight is 406 g/mol. The summed E-state index contributed by atoms with van der Waals surface area (Å²) in [5.74, 6) is -0.524. The average Bonchev–Trinajstić information content (AvgIpc) is 2.76. The number of carbonyl (C=O) groups is 2. The SMILES string of the molecule is NC(N)=NCCCC(NC(=O)C1=CCCC=C1)C(=O)Nc1ccc2ccccc2c1. The van der Waals surface area contributed by atoms with Crippen LogP contribution in [0.15, 0.2) is 71.3 Å². The second-order valence-electron chi connectivity index (χ2n) is 7.17. The highest BCUT2D eigenvalue weighted by Crippen LogP contribution is 2.19. The van der Waals surface area contributed by atoms with Gasteiger partial charge in [0.2, 0.25) is 5.91 Å². The number of guanidine groups is 1. The Hall–Kier alpha value is -3.61. The van der Waals surface area contributed by atoms with Gasteiger partial charge in [-0.05, 0) is 48.6 Å². The highest BCUT2D eigenvalue weighted by atomic mass is 16.2. The van der Waals surface area contributed by atoms with Gasteiger partial charge in [0.15, 0.2) is 5.96 Å². The van der Waals surface area contributed by atoms with Gasteiger partial charge in [-0.3, -0.25) is 14.6 Å². The molecule has 1 aliphatic carbocycles. The van der Waals surface area contributed by atoms with Gasteiger partial charge in [0.25, 0.3) is 5.91 Å². The van der Waals surface area contributed by atoms with Gasteiger partial charge in [-0.2, -0.15) is 0 Å². The lowest BCUT2D eigenvalue weighted by atomic mass is 10.0. The van der Waals surface area contributed by atoms with E-state index in [0.717, 1.165) is 23.6 Å². The van der Waals surface area contributed by atoms with Crippen LogP contribution in [0.3, 0.4) is 0 Å². The number of hydrogen-bond acceptors (Lipinski definition) is 3. The van der Waals surface area contributed by atoms with Gasteiger partial charge in [-0.25, -0.2) is 0 Å². The van der Waals surface area contributed by atoms with Crippen LogP contribution in [0.2, 0.25) is 0 Å². The summed E-state index contributed by atoms with van der Waals surface area (Å²) >= 11 is 0. The first-order valence-electron chi connectivity index (χ1n) is 10.1. The molecule has 0 heterocycles. The Bertz CT molecular complexity index is 1010. The molecule has 0 fully saturated rings. The van der Waals surface area contributed by atoms with Crippen molar-refractivity contribution in [2.75, 3.05) is 11.9 Å². The minimum Gasteiger partial charge on any atom is -0.370 e. The van der Waals surface area contributed by atoms with E-state index < -0.39 is 6.04 Å². The second-order valence-corrected chi connectivity index (χ2v) is 7.17. The molecule has 2 aromatic carbocycles. The van der Waals surface area contributed by atoms with Crippen molar-refractivity contribution in [3.63, 3.8) is 0 Å². The Labute approximate surface area is 175 Å². The van der Waals surface area contributed by atoms with Crippen LogP contribution < -0.4 is 22.1 Å². The van der Waals surface area contributed by atoms with Crippen LogP contribution in [0.25, 0.3) is 10.8 Å². The normalized spacial score (nSPS) is 13.9. The maximum Gasteiger partial charge on any atom is 0.251 e. The van der Waals surface area contributed by atoms with E-state index >= 15 is 0 Å². The molecular weight excluding hydrogens is 378 g/mol. The first-order chi connectivity index (χ1) is 14.5. The number of hydrogen-bond donors (Lipinski definition) is 4. The van der Waals surface area contributed by atoms with E-state index in [-0.39, 0.29) is 17.8 Å². The van der Waals surface area contributed by atoms with E-state index in [1.807, 2.05) is 54.6 Å². The molecule has 0 spiro atoms. The number of aliphatic imine (C=N–C) groups is 1. The first-order valence-corrected chi connectivity index (χ1v) is 10.1. The highest BCUT2D eigenvalue weighted by molar-refractivity contribution is 6.02. The Morgan fingerprint density at radius 2 is 1.87 bits per heavy atom. The number of amides is 2. The van der Waals surface area contributed by atoms with Crippen molar-refractivity contribution < 1.29 is 9.59 Å². The molecule has 2 amide bonds. The third-order valence-corrected chi connectivity index (χ3v) is 4.84. The number of anilines is 1. The summed E-state index contributed by atoms with van der Waals surface area (Å²) < 4.78 is 0. The molecule has 156 valence electrons. The maximum absolute atomic E-state index is 12.9. The maximum atomic E-state index is 12.9. The van der Waals surface area contributed by atoms with Crippen LogP contribution in [0.1, 0.15) is 25.7 Å². The topological polar surface area (TPSA) is 123 Å². The van der Waals surface area contributed by atoms with Gasteiger partial charge in [0.1, 0.15) is 6.04 Å². The van der Waals surface area contributed by atoms with Crippen LogP contribution in [-0.4, -0.2) is 30.4 Å². The van der Waals surface area contributed by atoms with Gasteiger partial charge in [0, 0.05) is 17.8 Å². The summed E-state index contributed by atoms with van der Waals surface area (Å²) in [5, 5.41) is 7.89. The lowest BCUT2D eigenvalue weighted by molar-refractivity contribution is -0.124. The van der Waals surface area contributed by atoms with Crippen LogP contribution >= 0.6 is 0 Å². The van der Waals surface area contributed by atoms with Crippen LogP contribution in [0.4, 0.5) is 5.69 Å². The van der Waals surface area contributed by atoms with Crippen molar-refractivity contribution >= 4 is 34.2 Å². The molecular formula is C23H27N5O2. The number of fused-ring (bicyclic) bond motifs is 1. The van der Waals surface area contributed by atoms with E-state index in [1.54, 1.807) is 6.08 Å². The minimum absolute atomic E-state index is 0.00805. The molecule has 0 saturated carbocycles. The third-order valence-electron chi connectivity index (χ3n) is 4.84. The molecule has 0 aliphatic heterocycles. The van der Waals surface area contributed by atoms with E-state index in [1.165, 1.54) is 0 Å². The van der Waals surface area contributed by atoms with Gasteiger partial charge in [-0.1, -0.05) is 48.6 Å². The predicted octanol–water partition coefficient (Wildman–Crippen LogP) is 2.59. The molecule has 6 N–H and O–H groups in total. The zero-order valence-corrected chi connectivity index (χ0v) is 16.8. The number of nitrogens with zero attached hydrogens (tertiary/aromatic N) is 1. The van der Waals surface area contributed by atoms with Crippen LogP contribution in [-0.2, 0) is 9.59 Å². The Morgan fingerprint density at radius 3 is 2.60 bits per heavy atom. The highest BCUT2D eigenvalue weighted by Gasteiger charge is 2.22. The molecule has 1 aliphatic rings. The molecule has 0 bridgehead atoms. The second kappa shape index (κ2) is 10.2. The summed E-state index contributed by atoms with van der Waals surface area (Å²) in [5.41, 5.74) is 12.0. The molecule has 30 heavy (non-hydrogen) atoms. The molecule has 2 aromatic rings. The van der Waals surface area contributed by atoms with Crippen molar-refractivity contribution in [1.82, 2.24) is 5.32 Å². The lowest BCUT2D eigenvalue weighted by Gasteiger charge is -2.19. The number of nitrogens with two attached hydrogens (primary N) is 2. The van der Waals surface area contributed by atoms with Crippen LogP contribution in [0, 0.1) is 0 Å². The molecule has 0 aromatic heterocycles. The fraction of sp³-hybridized carbons (Fsp3) is 0.261. The summed E-state index contributed by atoms with van der Waals surface area (Å²) in [6, 6.07) is 12.9. The minimum atomic E-state index is -0.700. The summed E-state index contributed by atoms with van der Waals surface area (Å²) in [4.78, 5) is 29.5. The fourth-order valence-corrected chi connectivity index (χ4v) is 3.29. The predicted molar refractivity (Wildman–Crippen MR) is 121 cm³/mol. The number of rotatable bonds is 8. The summed E-state index contributed by atoms with van der Waals surface area (Å²) in [6.07, 6.45) is 8.34. The molecule has 7 heteroatoms. The molecule has 0 saturated heterocycles. The van der Waals surface area contributed by atoms with Crippen LogP contribution in [0.5, 0.6) is 0 Å². The third kappa shape index (κ3) is 5.94. The van der Waals surface area contributed by atoms with Gasteiger partial charge >= 0.3 is 0 Å². The number of carbonyl (C=O) groups excluding carboxylic acids is 2. The fourth-order valence-electron chi connectivity index (χ4n) is 3.29. The standard InChI is InChI=1S/C23H27N5O2/c24-23(25)26-14-6-11-20(28-21(29)17-8-2-1-3-9-17)22(30)27-19-13-12-16-7-4-5-10-18(16)15-19/h2,4-5,7-10,12-13,15,20H,1,3,6,11,14H2,(H,27,30)(H,28,29)(H4,24,25,26). The zero-order valence-electron chi connectivity index (χ0n) is 16.8. The largest absolute Gasteiger partial charge is 0.370 e. The van der Waals surface area contributed by atoms with Gasteiger partial charge < -0.3 is 22.1 Å². The molecule has 0 radical (unpaired) electrons. The Balaban J connectivity index is 1.70. The van der Waals surface area contributed by atoms with Crippen molar-refractivity contribution in [1.29, 1.82) is 0 Å². The van der Waals surface area contributed by atoms with Crippen molar-refractivity contribution in [3.8, 4) is 0 Å². The van der Waals surface area contributed by atoms with E-state index in [2.05, 4.69) is 15.6 Å². The van der Waals surface area contributed by atoms with E-state index in [0.29, 0.717) is 30.6 Å². The Morgan fingerprint density at radius 1 is 1.07 bits per heavy atom. The quantitative estimate of drug-likeness (QED) is 0.306. The smallest absolute Gasteiger partial charge is 0.251 e. The van der Waals surface area contributed by atoms with E-state index in [4.69, 9.17) is 11.5 Å². The van der Waals surface area contributed by atoms with Crippen molar-refractivity contribution in [3.05, 3.63) is 66.3 Å². The molecule has 1 atom stereocenters. The Kier molecular flexibility index (Phi) is 7.21. The number of allylic oxidation sites excluding steroid dienone is 2. The van der Waals surface area contributed by atoms with Gasteiger partial charge in [-0.15, -0.1) is 0 Å². The molecule has 1 unspecified atom stereocenters.